The average Bonchev–Trinajstić information content (AvgIpc) is 2.61. The van der Waals surface area contributed by atoms with E-state index in [-0.39, 0.29) is 15.4 Å². The summed E-state index contributed by atoms with van der Waals surface area (Å²) in [6.45, 7) is 3.24. The zero-order valence-electron chi connectivity index (χ0n) is 14.7. The lowest BCUT2D eigenvalue weighted by Crippen LogP contribution is -2.31. The fraction of sp³-hybridized carbons (Fsp3) is 0.150. The minimum atomic E-state index is -3.95. The van der Waals surface area contributed by atoms with Gasteiger partial charge >= 0.3 is 5.97 Å². The second-order valence-electron chi connectivity index (χ2n) is 6.23. The Morgan fingerprint density at radius 1 is 1.00 bits per heavy atom. The number of halogens is 1. The molecule has 1 aliphatic rings. The van der Waals surface area contributed by atoms with Gasteiger partial charge < -0.3 is 10.4 Å². The summed E-state index contributed by atoms with van der Waals surface area (Å²) in [5, 5.41) is 13.0. The lowest BCUT2D eigenvalue weighted by Gasteiger charge is -2.31. The van der Waals surface area contributed by atoms with Gasteiger partial charge in [-0.05, 0) is 37.6 Å². The molecular formula is C20H18ClNO4S. The van der Waals surface area contributed by atoms with Gasteiger partial charge in [0.1, 0.15) is 0 Å². The molecule has 27 heavy (non-hydrogen) atoms. The fourth-order valence-electron chi connectivity index (χ4n) is 3.35. The van der Waals surface area contributed by atoms with Gasteiger partial charge in [0.2, 0.25) is 9.84 Å². The Kier molecular flexibility index (Phi) is 5.13. The summed E-state index contributed by atoms with van der Waals surface area (Å²) in [5.74, 6) is -2.21. The molecule has 0 amide bonds. The van der Waals surface area contributed by atoms with E-state index in [4.69, 9.17) is 11.6 Å². The van der Waals surface area contributed by atoms with Crippen LogP contribution in [0.15, 0.2) is 81.4 Å². The van der Waals surface area contributed by atoms with Gasteiger partial charge in [0, 0.05) is 16.4 Å². The molecule has 0 saturated carbocycles. The number of dihydropyridines is 1. The van der Waals surface area contributed by atoms with Gasteiger partial charge in [0.25, 0.3) is 0 Å². The summed E-state index contributed by atoms with van der Waals surface area (Å²) in [7, 11) is -3.95. The number of nitrogens with one attached hydrogen (secondary N) is 1. The Hall–Kier alpha value is -2.57. The summed E-state index contributed by atoms with van der Waals surface area (Å²) in [6.07, 6.45) is 0. The van der Waals surface area contributed by atoms with Crippen LogP contribution in [0.25, 0.3) is 0 Å². The van der Waals surface area contributed by atoms with E-state index in [9.17, 15) is 18.3 Å². The maximum absolute atomic E-state index is 13.4. The monoisotopic (exact) mass is 403 g/mol. The lowest BCUT2D eigenvalue weighted by atomic mass is 9.86. The van der Waals surface area contributed by atoms with Gasteiger partial charge in [0.15, 0.2) is 0 Å². The predicted molar refractivity (Wildman–Crippen MR) is 104 cm³/mol. The molecule has 0 bridgehead atoms. The van der Waals surface area contributed by atoms with Crippen molar-refractivity contribution in [3.63, 3.8) is 0 Å². The molecule has 0 saturated heterocycles. The summed E-state index contributed by atoms with van der Waals surface area (Å²) in [5.41, 5.74) is 1.16. The number of allylic oxidation sites excluding steroid dienone is 3. The molecule has 1 atom stereocenters. The smallest absolute Gasteiger partial charge is 0.334 e. The van der Waals surface area contributed by atoms with E-state index >= 15 is 0 Å². The van der Waals surface area contributed by atoms with E-state index in [0.717, 1.165) is 0 Å². The molecule has 3 rings (SSSR count). The third-order valence-electron chi connectivity index (χ3n) is 4.49. The molecule has 1 heterocycles. The lowest BCUT2D eigenvalue weighted by molar-refractivity contribution is -0.133. The Balaban J connectivity index is 2.32. The number of benzene rings is 2. The molecule has 140 valence electrons. The van der Waals surface area contributed by atoms with Crippen LogP contribution in [-0.4, -0.2) is 19.5 Å². The molecule has 0 aliphatic carbocycles. The second kappa shape index (κ2) is 7.21. The van der Waals surface area contributed by atoms with E-state index in [2.05, 4.69) is 5.32 Å². The molecule has 2 aromatic rings. The first-order valence-corrected chi connectivity index (χ1v) is 10.1. The average molecular weight is 404 g/mol. The van der Waals surface area contributed by atoms with Crippen LogP contribution in [0.2, 0.25) is 5.02 Å². The van der Waals surface area contributed by atoms with Gasteiger partial charge in [-0.1, -0.05) is 48.0 Å². The maximum Gasteiger partial charge on any atom is 0.334 e. The van der Waals surface area contributed by atoms with Crippen LogP contribution >= 0.6 is 11.6 Å². The van der Waals surface area contributed by atoms with Crippen molar-refractivity contribution >= 4 is 27.4 Å². The van der Waals surface area contributed by atoms with E-state index < -0.39 is 21.7 Å². The van der Waals surface area contributed by atoms with Crippen molar-refractivity contribution in [2.45, 2.75) is 24.7 Å². The number of hydrogen-bond donors (Lipinski definition) is 2. The van der Waals surface area contributed by atoms with Crippen molar-refractivity contribution in [1.29, 1.82) is 0 Å². The van der Waals surface area contributed by atoms with Gasteiger partial charge in [-0.15, -0.1) is 0 Å². The standard InChI is InChI=1S/C20H18ClNO4S/c1-12-17(20(23)24)18(15-10-6-7-11-16(15)21)19(13(2)22-12)27(25,26)14-8-4-3-5-9-14/h3-11,18,22H,1-2H3,(H,23,24). The molecule has 5 nitrogen and oxygen atoms in total. The van der Waals surface area contributed by atoms with Crippen LogP contribution in [0.4, 0.5) is 0 Å². The molecule has 0 aromatic heterocycles. The van der Waals surface area contributed by atoms with Crippen LogP contribution < -0.4 is 5.32 Å². The highest BCUT2D eigenvalue weighted by molar-refractivity contribution is 7.95. The molecule has 0 spiro atoms. The first-order chi connectivity index (χ1) is 12.7. The first-order valence-electron chi connectivity index (χ1n) is 8.21. The zero-order chi connectivity index (χ0) is 19.8. The first kappa shape index (κ1) is 19.2. The highest BCUT2D eigenvalue weighted by Crippen LogP contribution is 2.44. The van der Waals surface area contributed by atoms with Crippen molar-refractivity contribution in [2.75, 3.05) is 0 Å². The van der Waals surface area contributed by atoms with Crippen molar-refractivity contribution in [1.82, 2.24) is 5.32 Å². The maximum atomic E-state index is 13.4. The van der Waals surface area contributed by atoms with Crippen LogP contribution in [0, 0.1) is 0 Å². The van der Waals surface area contributed by atoms with Crippen molar-refractivity contribution in [3.05, 3.63) is 87.1 Å². The SMILES string of the molecule is CC1=C(C(=O)O)C(c2ccccc2Cl)C(S(=O)(=O)c2ccccc2)=C(C)N1. The molecule has 2 aromatic carbocycles. The highest BCUT2D eigenvalue weighted by Gasteiger charge is 2.40. The zero-order valence-corrected chi connectivity index (χ0v) is 16.3. The number of rotatable bonds is 4. The summed E-state index contributed by atoms with van der Waals surface area (Å²) >= 11 is 6.33. The summed E-state index contributed by atoms with van der Waals surface area (Å²) in [4.78, 5) is 12.1. The van der Waals surface area contributed by atoms with Gasteiger partial charge in [-0.2, -0.15) is 0 Å². The van der Waals surface area contributed by atoms with Crippen molar-refractivity contribution < 1.29 is 18.3 Å². The molecule has 7 heteroatoms. The summed E-state index contributed by atoms with van der Waals surface area (Å²) < 4.78 is 26.8. The second-order valence-corrected chi connectivity index (χ2v) is 8.55. The highest BCUT2D eigenvalue weighted by atomic mass is 35.5. The number of sulfone groups is 1. The molecular weight excluding hydrogens is 386 g/mol. The Morgan fingerprint density at radius 3 is 2.19 bits per heavy atom. The molecule has 0 radical (unpaired) electrons. The third-order valence-corrected chi connectivity index (χ3v) is 6.85. The number of aliphatic carboxylic acids is 1. The van der Waals surface area contributed by atoms with Crippen LogP contribution in [-0.2, 0) is 14.6 Å². The normalized spacial score (nSPS) is 17.7. The van der Waals surface area contributed by atoms with Gasteiger partial charge in [0.05, 0.1) is 21.3 Å². The summed E-state index contributed by atoms with van der Waals surface area (Å²) in [6, 6.07) is 14.7. The van der Waals surface area contributed by atoms with Crippen LogP contribution in [0.5, 0.6) is 0 Å². The van der Waals surface area contributed by atoms with E-state index in [1.807, 2.05) is 0 Å². The number of hydrogen-bond acceptors (Lipinski definition) is 4. The van der Waals surface area contributed by atoms with Crippen LogP contribution in [0.3, 0.4) is 0 Å². The van der Waals surface area contributed by atoms with E-state index in [0.29, 0.717) is 22.0 Å². The van der Waals surface area contributed by atoms with Gasteiger partial charge in [-0.25, -0.2) is 13.2 Å². The Bertz CT molecular complexity index is 1070. The predicted octanol–water partition coefficient (Wildman–Crippen LogP) is 4.09. The number of carboxylic acids is 1. The minimum Gasteiger partial charge on any atom is -0.478 e. The minimum absolute atomic E-state index is 0.00944. The topological polar surface area (TPSA) is 83.5 Å². The van der Waals surface area contributed by atoms with Crippen molar-refractivity contribution in [2.24, 2.45) is 0 Å². The van der Waals surface area contributed by atoms with E-state index in [1.54, 1.807) is 56.3 Å². The van der Waals surface area contributed by atoms with Gasteiger partial charge in [-0.3, -0.25) is 0 Å². The quantitative estimate of drug-likeness (QED) is 0.803. The molecule has 1 aliphatic heterocycles. The molecule has 1 unspecified atom stereocenters. The Labute approximate surface area is 162 Å². The third kappa shape index (κ3) is 3.38. The number of carboxylic acid groups (broad SMARTS) is 1. The largest absolute Gasteiger partial charge is 0.478 e. The molecule has 2 N–H and O–H groups in total. The van der Waals surface area contributed by atoms with Crippen LogP contribution in [0.1, 0.15) is 25.3 Å². The van der Waals surface area contributed by atoms with E-state index in [1.165, 1.54) is 12.1 Å². The van der Waals surface area contributed by atoms with Crippen molar-refractivity contribution in [3.8, 4) is 0 Å². The fourth-order valence-corrected chi connectivity index (χ4v) is 5.37. The number of carbonyl (C=O) groups is 1. The Morgan fingerprint density at radius 2 is 1.59 bits per heavy atom. The molecule has 0 fully saturated rings.